The van der Waals surface area contributed by atoms with Crippen LogP contribution in [0.5, 0.6) is 0 Å². The number of carbonyl (C=O) groups excluding carboxylic acids is 1. The Hall–Kier alpha value is -4.21. The molecule has 1 saturated heterocycles. The van der Waals surface area contributed by atoms with Gasteiger partial charge < -0.3 is 14.8 Å². The molecule has 2 aliphatic rings. The number of rotatable bonds is 10. The fourth-order valence-electron chi connectivity index (χ4n) is 4.20. The van der Waals surface area contributed by atoms with Gasteiger partial charge >= 0.3 is 12.2 Å². The number of nitrogens with zero attached hydrogens (tertiary/aromatic N) is 3. The highest BCUT2D eigenvalue weighted by atomic mass is 32.2. The predicted molar refractivity (Wildman–Crippen MR) is 146 cm³/mol. The summed E-state index contributed by atoms with van der Waals surface area (Å²) >= 11 is 0. The molecular formula is C28H28F3N5O5S. The number of amides is 2. The summed E-state index contributed by atoms with van der Waals surface area (Å²) in [4.78, 5) is 14.1. The summed E-state index contributed by atoms with van der Waals surface area (Å²) in [6.07, 6.45) is -0.372. The van der Waals surface area contributed by atoms with Crippen LogP contribution in [0.4, 0.5) is 18.0 Å². The Kier molecular flexibility index (Phi) is 10.5. The standard InChI is InChI=1S/C28H28F3N5O5S/c1-4-21(8-6-5-7-18(2)28(29,30)31)36-19(3)24(15-33)26(35-27(36)37)23-10-9-20(14-32)13-25(23)42(38,39)34-16-22-17-40-11-12-41-22/h4-5,7-10,13,22,26,34H,1-2,6,11-12,16-17H2,3H3,(H,35,37)/b7-5-,21-8+/t22?,26-/m1/s1. The van der Waals surface area contributed by atoms with Crippen molar-refractivity contribution in [3.05, 3.63) is 89.3 Å². The van der Waals surface area contributed by atoms with Gasteiger partial charge in [-0.2, -0.15) is 23.7 Å². The third-order valence-electron chi connectivity index (χ3n) is 6.35. The largest absolute Gasteiger partial charge is 0.415 e. The van der Waals surface area contributed by atoms with Gasteiger partial charge in [-0.25, -0.2) is 17.9 Å². The Morgan fingerprint density at radius 3 is 2.62 bits per heavy atom. The third kappa shape index (κ3) is 7.54. The lowest BCUT2D eigenvalue weighted by Crippen LogP contribution is -2.46. The topological polar surface area (TPSA) is 145 Å². The SMILES string of the molecule is C=C/C(=C\C/C=C\C(=C)C(F)(F)F)N1C(=O)N[C@H](c2ccc(C#N)cc2S(=O)(=O)NCC2COCCO2)C(C#N)=C1C. The van der Waals surface area contributed by atoms with E-state index in [0.717, 1.165) is 17.0 Å². The molecule has 0 aliphatic carbocycles. The summed E-state index contributed by atoms with van der Waals surface area (Å²) in [7, 11) is -4.26. The molecule has 1 unspecified atom stereocenters. The van der Waals surface area contributed by atoms with E-state index in [1.54, 1.807) is 0 Å². The minimum atomic E-state index is -4.57. The van der Waals surface area contributed by atoms with Crippen LogP contribution in [0.2, 0.25) is 0 Å². The molecular weight excluding hydrogens is 575 g/mol. The molecule has 1 aromatic carbocycles. The number of nitrogens with one attached hydrogen (secondary N) is 2. The van der Waals surface area contributed by atoms with Gasteiger partial charge in [-0.05, 0) is 37.1 Å². The number of ether oxygens (including phenoxy) is 2. The second kappa shape index (κ2) is 13.6. The van der Waals surface area contributed by atoms with Gasteiger partial charge in [0.25, 0.3) is 0 Å². The molecule has 2 amide bonds. The quantitative estimate of drug-likeness (QED) is 0.381. The molecule has 0 saturated carbocycles. The van der Waals surface area contributed by atoms with Crippen LogP contribution in [0.3, 0.4) is 0 Å². The molecule has 2 heterocycles. The van der Waals surface area contributed by atoms with E-state index in [4.69, 9.17) is 9.47 Å². The van der Waals surface area contributed by atoms with Gasteiger partial charge in [-0.3, -0.25) is 4.90 Å². The number of urea groups is 1. The Morgan fingerprint density at radius 1 is 1.29 bits per heavy atom. The minimum Gasteiger partial charge on any atom is -0.376 e. The number of benzene rings is 1. The molecule has 0 radical (unpaired) electrons. The van der Waals surface area contributed by atoms with Gasteiger partial charge in [0.15, 0.2) is 0 Å². The van der Waals surface area contributed by atoms with Crippen LogP contribution >= 0.6 is 0 Å². The molecule has 1 fully saturated rings. The number of nitriles is 2. The summed E-state index contributed by atoms with van der Waals surface area (Å²) in [5.41, 5.74) is -0.633. The van der Waals surface area contributed by atoms with Gasteiger partial charge in [-0.15, -0.1) is 0 Å². The van der Waals surface area contributed by atoms with Crippen LogP contribution < -0.4 is 10.0 Å². The summed E-state index contributed by atoms with van der Waals surface area (Å²) in [6.45, 7) is 8.87. The van der Waals surface area contributed by atoms with Crippen LogP contribution in [0.15, 0.2) is 83.1 Å². The lowest BCUT2D eigenvalue weighted by atomic mass is 9.94. The number of hydrogen-bond donors (Lipinski definition) is 2. The lowest BCUT2D eigenvalue weighted by molar-refractivity contribution is -0.0878. The average molecular weight is 604 g/mol. The molecule has 14 heteroatoms. The maximum Gasteiger partial charge on any atom is 0.415 e. The van der Waals surface area contributed by atoms with Crippen LogP contribution in [-0.2, 0) is 19.5 Å². The van der Waals surface area contributed by atoms with Crippen molar-refractivity contribution in [1.82, 2.24) is 14.9 Å². The Balaban J connectivity index is 1.97. The fourth-order valence-corrected chi connectivity index (χ4v) is 5.54. The van der Waals surface area contributed by atoms with Gasteiger partial charge in [0.1, 0.15) is 0 Å². The van der Waals surface area contributed by atoms with Gasteiger partial charge in [0.2, 0.25) is 10.0 Å². The second-order valence-electron chi connectivity index (χ2n) is 9.11. The van der Waals surface area contributed by atoms with Crippen LogP contribution in [0.25, 0.3) is 0 Å². The number of carbonyl (C=O) groups is 1. The average Bonchev–Trinajstić information content (AvgIpc) is 2.96. The zero-order valence-corrected chi connectivity index (χ0v) is 23.4. The molecule has 10 nitrogen and oxygen atoms in total. The number of allylic oxidation sites excluding steroid dienone is 6. The van der Waals surface area contributed by atoms with Crippen LogP contribution in [-0.4, -0.2) is 58.0 Å². The highest BCUT2D eigenvalue weighted by Crippen LogP contribution is 2.35. The number of hydrogen-bond acceptors (Lipinski definition) is 7. The highest BCUT2D eigenvalue weighted by Gasteiger charge is 2.36. The van der Waals surface area contributed by atoms with E-state index in [1.807, 2.05) is 12.1 Å². The summed E-state index contributed by atoms with van der Waals surface area (Å²) in [5.74, 6) is 0. The van der Waals surface area contributed by atoms with E-state index >= 15 is 0 Å². The zero-order chi connectivity index (χ0) is 31.1. The van der Waals surface area contributed by atoms with Crippen molar-refractivity contribution in [3.8, 4) is 12.1 Å². The van der Waals surface area contributed by atoms with Gasteiger partial charge in [-0.1, -0.05) is 37.5 Å². The predicted octanol–water partition coefficient (Wildman–Crippen LogP) is 4.25. The highest BCUT2D eigenvalue weighted by molar-refractivity contribution is 7.89. The van der Waals surface area contributed by atoms with E-state index in [-0.39, 0.29) is 52.6 Å². The molecule has 42 heavy (non-hydrogen) atoms. The molecule has 2 atom stereocenters. The van der Waals surface area contributed by atoms with E-state index in [2.05, 4.69) is 23.2 Å². The summed E-state index contributed by atoms with van der Waals surface area (Å²) in [5, 5.41) is 22.1. The first-order valence-electron chi connectivity index (χ1n) is 12.5. The van der Waals surface area contributed by atoms with Gasteiger partial charge in [0.05, 0.1) is 60.1 Å². The molecule has 1 aromatic rings. The number of halogens is 3. The van der Waals surface area contributed by atoms with Crippen molar-refractivity contribution >= 4 is 16.1 Å². The minimum absolute atomic E-state index is 0.00601. The van der Waals surface area contributed by atoms with E-state index in [9.17, 15) is 36.9 Å². The van der Waals surface area contributed by atoms with Crippen molar-refractivity contribution in [1.29, 1.82) is 10.5 Å². The smallest absolute Gasteiger partial charge is 0.376 e. The maximum absolute atomic E-state index is 13.4. The fraction of sp³-hybridized carbons (Fsp3) is 0.321. The van der Waals surface area contributed by atoms with Crippen molar-refractivity contribution < 1.29 is 35.9 Å². The van der Waals surface area contributed by atoms with Crippen molar-refractivity contribution in [2.45, 2.75) is 36.6 Å². The third-order valence-corrected chi connectivity index (χ3v) is 7.83. The molecule has 2 aliphatic heterocycles. The van der Waals surface area contributed by atoms with Crippen molar-refractivity contribution in [3.63, 3.8) is 0 Å². The first-order chi connectivity index (χ1) is 19.8. The molecule has 2 N–H and O–H groups in total. The number of alkyl halides is 3. The normalized spacial score (nSPS) is 20.2. The van der Waals surface area contributed by atoms with E-state index < -0.39 is 39.9 Å². The Bertz CT molecular complexity index is 1530. The Morgan fingerprint density at radius 2 is 2.02 bits per heavy atom. The maximum atomic E-state index is 13.4. The number of sulfonamides is 1. The lowest BCUT2D eigenvalue weighted by Gasteiger charge is -2.35. The van der Waals surface area contributed by atoms with Crippen LogP contribution in [0.1, 0.15) is 30.5 Å². The van der Waals surface area contributed by atoms with E-state index in [1.165, 1.54) is 37.3 Å². The first kappa shape index (κ1) is 32.3. The molecule has 0 spiro atoms. The Labute approximate surface area is 241 Å². The summed E-state index contributed by atoms with van der Waals surface area (Å²) in [6, 6.07) is 5.83. The van der Waals surface area contributed by atoms with E-state index in [0.29, 0.717) is 13.2 Å². The first-order valence-corrected chi connectivity index (χ1v) is 14.0. The zero-order valence-electron chi connectivity index (χ0n) is 22.6. The second-order valence-corrected chi connectivity index (χ2v) is 10.8. The summed E-state index contributed by atoms with van der Waals surface area (Å²) < 4.78 is 78.0. The van der Waals surface area contributed by atoms with Crippen molar-refractivity contribution in [2.75, 3.05) is 26.4 Å². The molecule has 3 rings (SSSR count). The monoisotopic (exact) mass is 603 g/mol. The molecule has 0 bridgehead atoms. The van der Waals surface area contributed by atoms with Crippen molar-refractivity contribution in [2.24, 2.45) is 0 Å². The molecule has 0 aromatic heterocycles. The van der Waals surface area contributed by atoms with Crippen LogP contribution in [0, 0.1) is 22.7 Å². The molecule has 222 valence electrons. The van der Waals surface area contributed by atoms with Gasteiger partial charge in [0, 0.05) is 23.5 Å².